The van der Waals surface area contributed by atoms with Crippen LogP contribution in [-0.4, -0.2) is 13.8 Å². The Morgan fingerprint density at radius 1 is 1.25 bits per heavy atom. The van der Waals surface area contributed by atoms with Gasteiger partial charge < -0.3 is 0 Å². The van der Waals surface area contributed by atoms with Gasteiger partial charge in [-0.25, -0.2) is 0 Å². The first-order valence-electron chi connectivity index (χ1n) is 4.07. The Balaban J connectivity index is 0.000000211. The van der Waals surface area contributed by atoms with Gasteiger partial charge in [-0.3, -0.25) is 4.98 Å². The zero-order valence-corrected chi connectivity index (χ0v) is 10.4. The topological polar surface area (TPSA) is 12.9 Å². The fourth-order valence-corrected chi connectivity index (χ4v) is 0.527. The maximum atomic E-state index is 3.74. The van der Waals surface area contributed by atoms with Gasteiger partial charge in [0.05, 0.1) is 5.51 Å². The molecule has 0 aromatic carbocycles. The van der Waals surface area contributed by atoms with Crippen LogP contribution in [-0.2, 0) is 0 Å². The van der Waals surface area contributed by atoms with E-state index < -0.39 is 0 Å². The average molecular weight is 200 g/mol. The molecule has 1 heterocycles. The van der Waals surface area contributed by atoms with Crippen molar-refractivity contribution in [3.63, 3.8) is 0 Å². The molecule has 1 aromatic rings. The lowest BCUT2D eigenvalue weighted by molar-refractivity contribution is 0.742. The van der Waals surface area contributed by atoms with Crippen LogP contribution in [0.25, 0.3) is 0 Å². The lowest BCUT2D eigenvalue weighted by atomic mass is 10.2. The molecule has 0 aliphatic rings. The van der Waals surface area contributed by atoms with Gasteiger partial charge in [0.1, 0.15) is 0 Å². The summed E-state index contributed by atoms with van der Waals surface area (Å²) in [7, 11) is -0.0502. The molecule has 1 aromatic heterocycles. The normalized spacial score (nSPS) is 10.8. The molecular formula is C9H18NSSi. The van der Waals surface area contributed by atoms with Gasteiger partial charge in [-0.1, -0.05) is 33.9 Å². The highest BCUT2D eigenvalue weighted by Gasteiger charge is 2.15. The molecule has 0 bridgehead atoms. The van der Waals surface area contributed by atoms with Crippen LogP contribution in [0.5, 0.6) is 0 Å². The van der Waals surface area contributed by atoms with Crippen LogP contribution in [0, 0.1) is 0 Å². The largest absolute Gasteiger partial charge is 0.253 e. The number of thiazole rings is 1. The van der Waals surface area contributed by atoms with E-state index in [1.165, 1.54) is 0 Å². The van der Waals surface area contributed by atoms with Crippen molar-refractivity contribution in [2.24, 2.45) is 0 Å². The summed E-state index contributed by atoms with van der Waals surface area (Å²) in [5.74, 6) is 0. The standard InChI is InChI=1S/C6H15Si.C3H3NS/c1-6(2,3)7(4)5;1-2-5-3-4-1/h1-5H3;1-3H. The SMILES string of the molecule is C[Si](C)C(C)(C)C.c1cscn1. The maximum Gasteiger partial charge on any atom is 0.0791 e. The van der Waals surface area contributed by atoms with E-state index in [-0.39, 0.29) is 8.80 Å². The van der Waals surface area contributed by atoms with Crippen LogP contribution in [0.2, 0.25) is 18.1 Å². The van der Waals surface area contributed by atoms with E-state index in [2.05, 4.69) is 38.8 Å². The van der Waals surface area contributed by atoms with Crippen LogP contribution in [0.4, 0.5) is 0 Å². The van der Waals surface area contributed by atoms with Gasteiger partial charge in [0.25, 0.3) is 0 Å². The van der Waals surface area contributed by atoms with E-state index >= 15 is 0 Å². The molecule has 0 amide bonds. The highest BCUT2D eigenvalue weighted by molar-refractivity contribution is 7.07. The number of nitrogens with zero attached hydrogens (tertiary/aromatic N) is 1. The third-order valence-corrected chi connectivity index (χ3v) is 5.37. The van der Waals surface area contributed by atoms with Gasteiger partial charge in [0, 0.05) is 20.4 Å². The minimum absolute atomic E-state index is 0.0502. The van der Waals surface area contributed by atoms with Crippen molar-refractivity contribution in [1.82, 2.24) is 4.98 Å². The number of rotatable bonds is 0. The molecule has 0 saturated carbocycles. The van der Waals surface area contributed by atoms with Crippen molar-refractivity contribution < 1.29 is 0 Å². The summed E-state index contributed by atoms with van der Waals surface area (Å²) in [6.45, 7) is 11.6. The van der Waals surface area contributed by atoms with Gasteiger partial charge in [0.2, 0.25) is 0 Å². The zero-order valence-electron chi connectivity index (χ0n) is 8.59. The van der Waals surface area contributed by atoms with E-state index in [0.29, 0.717) is 5.04 Å². The lowest BCUT2D eigenvalue weighted by Gasteiger charge is -2.20. The summed E-state index contributed by atoms with van der Waals surface area (Å²) >= 11 is 1.60. The Morgan fingerprint density at radius 2 is 1.75 bits per heavy atom. The Bertz CT molecular complexity index is 160. The van der Waals surface area contributed by atoms with Gasteiger partial charge in [-0.15, -0.1) is 11.3 Å². The lowest BCUT2D eigenvalue weighted by Crippen LogP contribution is -2.16. The Morgan fingerprint density at radius 3 is 1.83 bits per heavy atom. The third kappa shape index (κ3) is 6.55. The molecule has 0 N–H and O–H groups in total. The second-order valence-corrected chi connectivity index (χ2v) is 8.18. The summed E-state index contributed by atoms with van der Waals surface area (Å²) in [5, 5.41) is 2.53. The molecule has 0 atom stereocenters. The molecule has 1 radical (unpaired) electrons. The molecule has 0 aliphatic heterocycles. The van der Waals surface area contributed by atoms with Crippen LogP contribution in [0.15, 0.2) is 17.1 Å². The Hall–Kier alpha value is -0.153. The molecule has 1 nitrogen and oxygen atoms in total. The van der Waals surface area contributed by atoms with Crippen LogP contribution in [0.3, 0.4) is 0 Å². The fourth-order valence-electron chi connectivity index (χ4n) is 0.176. The maximum absolute atomic E-state index is 3.74. The minimum atomic E-state index is -0.0502. The summed E-state index contributed by atoms with van der Waals surface area (Å²) < 4.78 is 0. The second-order valence-electron chi connectivity index (χ2n) is 3.93. The predicted molar refractivity (Wildman–Crippen MR) is 59.3 cm³/mol. The molecule has 3 heteroatoms. The average Bonchev–Trinajstić information content (AvgIpc) is 2.39. The van der Waals surface area contributed by atoms with E-state index in [1.807, 2.05) is 5.38 Å². The van der Waals surface area contributed by atoms with Crippen LogP contribution in [0.1, 0.15) is 20.8 Å². The highest BCUT2D eigenvalue weighted by atomic mass is 32.1. The van der Waals surface area contributed by atoms with E-state index in [4.69, 9.17) is 0 Å². The summed E-state index contributed by atoms with van der Waals surface area (Å²) in [5.41, 5.74) is 1.79. The molecule has 12 heavy (non-hydrogen) atoms. The molecule has 0 aliphatic carbocycles. The summed E-state index contributed by atoms with van der Waals surface area (Å²) in [6, 6.07) is 0. The predicted octanol–water partition coefficient (Wildman–Crippen LogP) is 3.68. The highest BCUT2D eigenvalue weighted by Crippen LogP contribution is 2.25. The number of hydrogen-bond donors (Lipinski definition) is 0. The van der Waals surface area contributed by atoms with Crippen molar-refractivity contribution in [2.75, 3.05) is 0 Å². The first-order valence-corrected chi connectivity index (χ1v) is 7.51. The molecular weight excluding hydrogens is 182 g/mol. The molecule has 0 fully saturated rings. The van der Waals surface area contributed by atoms with Crippen molar-refractivity contribution >= 4 is 20.1 Å². The van der Waals surface area contributed by atoms with Crippen LogP contribution < -0.4 is 0 Å². The van der Waals surface area contributed by atoms with E-state index in [0.717, 1.165) is 0 Å². The van der Waals surface area contributed by atoms with Gasteiger partial charge in [-0.05, 0) is 5.04 Å². The first-order chi connectivity index (χ1) is 5.44. The van der Waals surface area contributed by atoms with Crippen molar-refractivity contribution in [1.29, 1.82) is 0 Å². The number of hydrogen-bond acceptors (Lipinski definition) is 2. The van der Waals surface area contributed by atoms with Gasteiger partial charge in [-0.2, -0.15) is 0 Å². The second kappa shape index (κ2) is 5.49. The minimum Gasteiger partial charge on any atom is -0.253 e. The van der Waals surface area contributed by atoms with Gasteiger partial charge >= 0.3 is 0 Å². The molecule has 69 valence electrons. The monoisotopic (exact) mass is 200 g/mol. The van der Waals surface area contributed by atoms with E-state index in [9.17, 15) is 0 Å². The third-order valence-electron chi connectivity index (χ3n) is 1.85. The molecule has 0 spiro atoms. The fraction of sp³-hybridized carbons (Fsp3) is 0.667. The Labute approximate surface area is 81.5 Å². The summed E-state index contributed by atoms with van der Waals surface area (Å²) in [6.07, 6.45) is 1.77. The quantitative estimate of drug-likeness (QED) is 0.582. The number of aromatic nitrogens is 1. The van der Waals surface area contributed by atoms with Crippen LogP contribution >= 0.6 is 11.3 Å². The Kier molecular flexibility index (Phi) is 5.42. The van der Waals surface area contributed by atoms with E-state index in [1.54, 1.807) is 23.0 Å². The van der Waals surface area contributed by atoms with Gasteiger partial charge in [0.15, 0.2) is 0 Å². The summed E-state index contributed by atoms with van der Waals surface area (Å²) in [4.78, 5) is 3.74. The molecule has 0 unspecified atom stereocenters. The first kappa shape index (κ1) is 11.8. The smallest absolute Gasteiger partial charge is 0.0791 e. The molecule has 1 rings (SSSR count). The van der Waals surface area contributed by atoms with Crippen molar-refractivity contribution in [3.05, 3.63) is 17.1 Å². The van der Waals surface area contributed by atoms with Crippen molar-refractivity contribution in [3.8, 4) is 0 Å². The van der Waals surface area contributed by atoms with Crippen molar-refractivity contribution in [2.45, 2.75) is 38.9 Å². The molecule has 0 saturated heterocycles. The zero-order chi connectivity index (χ0) is 9.61.